The highest BCUT2D eigenvalue weighted by Crippen LogP contribution is 2.23. The van der Waals surface area contributed by atoms with Gasteiger partial charge in [0, 0.05) is 19.2 Å². The molecule has 0 aliphatic carbocycles. The van der Waals surface area contributed by atoms with E-state index in [9.17, 15) is 4.79 Å². The molecule has 0 aromatic carbocycles. The summed E-state index contributed by atoms with van der Waals surface area (Å²) in [6, 6.07) is 3.59. The lowest BCUT2D eigenvalue weighted by Crippen LogP contribution is -2.46. The molecule has 0 unspecified atom stereocenters. The van der Waals surface area contributed by atoms with Gasteiger partial charge in [0.05, 0.1) is 26.1 Å². The number of amidine groups is 1. The van der Waals surface area contributed by atoms with E-state index in [0.717, 1.165) is 18.3 Å². The summed E-state index contributed by atoms with van der Waals surface area (Å²) in [6.07, 6.45) is 5.18. The predicted molar refractivity (Wildman–Crippen MR) is 81.7 cm³/mol. The second-order valence-corrected chi connectivity index (χ2v) is 5.52. The molecule has 6 nitrogen and oxygen atoms in total. The van der Waals surface area contributed by atoms with E-state index in [2.05, 4.69) is 9.89 Å². The van der Waals surface area contributed by atoms with Crippen LogP contribution in [0.5, 0.6) is 0 Å². The van der Waals surface area contributed by atoms with Gasteiger partial charge in [-0.2, -0.15) is 0 Å². The van der Waals surface area contributed by atoms with Crippen LogP contribution in [0.2, 0.25) is 0 Å². The van der Waals surface area contributed by atoms with Gasteiger partial charge in [-0.1, -0.05) is 11.8 Å². The van der Waals surface area contributed by atoms with Gasteiger partial charge in [0.25, 0.3) is 5.91 Å². The van der Waals surface area contributed by atoms with Crippen molar-refractivity contribution in [3.05, 3.63) is 29.9 Å². The van der Waals surface area contributed by atoms with Gasteiger partial charge in [-0.15, -0.1) is 0 Å². The lowest BCUT2D eigenvalue weighted by atomic mass is 10.3. The Balaban J connectivity index is 1.75. The van der Waals surface area contributed by atoms with Crippen LogP contribution in [0.4, 0.5) is 0 Å². The molecule has 3 rings (SSSR count). The van der Waals surface area contributed by atoms with Crippen molar-refractivity contribution in [3.8, 4) is 0 Å². The van der Waals surface area contributed by atoms with Crippen LogP contribution in [0.15, 0.2) is 33.5 Å². The minimum Gasteiger partial charge on any atom is -0.465 e. The molecule has 0 radical (unpaired) electrons. The molecule has 1 saturated heterocycles. The van der Waals surface area contributed by atoms with Crippen molar-refractivity contribution >= 4 is 28.9 Å². The summed E-state index contributed by atoms with van der Waals surface area (Å²) in [6.45, 7) is 3.65. The maximum absolute atomic E-state index is 12.5. The molecular weight excluding hydrogens is 290 g/mol. The van der Waals surface area contributed by atoms with Gasteiger partial charge in [0.2, 0.25) is 0 Å². The number of thioether (sulfide) groups is 1. The highest BCUT2D eigenvalue weighted by atomic mass is 32.2. The SMILES string of the molecule is CSC1=NC(=Cc2ccco2)C(=O)N1CN1CCOCC1. The fourth-order valence-electron chi connectivity index (χ4n) is 2.26. The molecule has 1 fully saturated rings. The lowest BCUT2D eigenvalue weighted by Gasteiger charge is -2.30. The Hall–Kier alpha value is -1.57. The highest BCUT2D eigenvalue weighted by molar-refractivity contribution is 8.13. The van der Waals surface area contributed by atoms with Crippen molar-refractivity contribution in [2.75, 3.05) is 39.2 Å². The minimum absolute atomic E-state index is 0.0813. The summed E-state index contributed by atoms with van der Waals surface area (Å²) in [5.74, 6) is 0.554. The molecule has 21 heavy (non-hydrogen) atoms. The molecule has 0 saturated carbocycles. The Labute approximate surface area is 127 Å². The summed E-state index contributed by atoms with van der Waals surface area (Å²) in [7, 11) is 0. The zero-order chi connectivity index (χ0) is 14.7. The third kappa shape index (κ3) is 3.20. The lowest BCUT2D eigenvalue weighted by molar-refractivity contribution is -0.124. The molecule has 1 aromatic heterocycles. The normalized spacial score (nSPS) is 22.1. The van der Waals surface area contributed by atoms with Crippen molar-refractivity contribution in [1.29, 1.82) is 0 Å². The number of hydrogen-bond acceptors (Lipinski definition) is 6. The first-order valence-electron chi connectivity index (χ1n) is 6.78. The van der Waals surface area contributed by atoms with Crippen molar-refractivity contribution < 1.29 is 13.9 Å². The number of ether oxygens (including phenoxy) is 1. The number of hydrogen-bond donors (Lipinski definition) is 0. The summed E-state index contributed by atoms with van der Waals surface area (Å²) in [5.41, 5.74) is 0.419. The molecule has 1 amide bonds. The van der Waals surface area contributed by atoms with E-state index >= 15 is 0 Å². The van der Waals surface area contributed by atoms with E-state index < -0.39 is 0 Å². The molecule has 2 aliphatic rings. The molecule has 0 atom stereocenters. The standard InChI is InChI=1S/C14H17N3O3S/c1-21-14-15-12(9-11-3-2-6-20-11)13(18)17(14)10-16-4-7-19-8-5-16/h2-3,6,9H,4-5,7-8,10H2,1H3. The number of rotatable bonds is 3. The van der Waals surface area contributed by atoms with Crippen LogP contribution in [0.1, 0.15) is 5.76 Å². The molecule has 112 valence electrons. The fourth-order valence-corrected chi connectivity index (χ4v) is 2.81. The van der Waals surface area contributed by atoms with Gasteiger partial charge in [-0.25, -0.2) is 4.99 Å². The molecule has 7 heteroatoms. The smallest absolute Gasteiger partial charge is 0.279 e. The van der Waals surface area contributed by atoms with E-state index in [1.807, 2.05) is 6.26 Å². The van der Waals surface area contributed by atoms with Gasteiger partial charge in [-0.3, -0.25) is 14.6 Å². The van der Waals surface area contributed by atoms with Gasteiger partial charge in [-0.05, 0) is 18.4 Å². The first kappa shape index (κ1) is 14.4. The van der Waals surface area contributed by atoms with Crippen LogP contribution in [0.3, 0.4) is 0 Å². The van der Waals surface area contributed by atoms with Gasteiger partial charge < -0.3 is 9.15 Å². The molecule has 2 aliphatic heterocycles. The third-order valence-electron chi connectivity index (χ3n) is 3.36. The molecule has 3 heterocycles. The second kappa shape index (κ2) is 6.46. The number of amides is 1. The molecule has 0 spiro atoms. The maximum atomic E-state index is 12.5. The van der Waals surface area contributed by atoms with E-state index in [4.69, 9.17) is 9.15 Å². The molecular formula is C14H17N3O3S. The number of carbonyl (C=O) groups is 1. The van der Waals surface area contributed by atoms with E-state index in [0.29, 0.717) is 31.3 Å². The molecule has 0 bridgehead atoms. The van der Waals surface area contributed by atoms with Crippen LogP contribution in [0, 0.1) is 0 Å². The highest BCUT2D eigenvalue weighted by Gasteiger charge is 2.31. The van der Waals surface area contributed by atoms with E-state index in [1.54, 1.807) is 29.4 Å². The zero-order valence-electron chi connectivity index (χ0n) is 11.8. The Kier molecular flexibility index (Phi) is 4.42. The van der Waals surface area contributed by atoms with E-state index in [1.165, 1.54) is 11.8 Å². The number of morpholine rings is 1. The number of furan rings is 1. The van der Waals surface area contributed by atoms with Crippen LogP contribution >= 0.6 is 11.8 Å². The monoisotopic (exact) mass is 307 g/mol. The predicted octanol–water partition coefficient (Wildman–Crippen LogP) is 1.47. The molecule has 1 aromatic rings. The number of aliphatic imine (C=N–C) groups is 1. The Morgan fingerprint density at radius 3 is 2.90 bits per heavy atom. The Morgan fingerprint density at radius 2 is 2.24 bits per heavy atom. The third-order valence-corrected chi connectivity index (χ3v) is 4.04. The minimum atomic E-state index is -0.0813. The van der Waals surface area contributed by atoms with Crippen molar-refractivity contribution in [1.82, 2.24) is 9.80 Å². The average Bonchev–Trinajstić information content (AvgIpc) is 3.12. The van der Waals surface area contributed by atoms with Crippen molar-refractivity contribution in [2.45, 2.75) is 0 Å². The second-order valence-electron chi connectivity index (χ2n) is 4.75. The van der Waals surface area contributed by atoms with E-state index in [-0.39, 0.29) is 5.91 Å². The summed E-state index contributed by atoms with van der Waals surface area (Å²) >= 11 is 1.47. The van der Waals surface area contributed by atoms with Crippen LogP contribution < -0.4 is 0 Å². The van der Waals surface area contributed by atoms with Crippen molar-refractivity contribution in [3.63, 3.8) is 0 Å². The summed E-state index contributed by atoms with van der Waals surface area (Å²) in [5, 5.41) is 0.726. The largest absolute Gasteiger partial charge is 0.465 e. The van der Waals surface area contributed by atoms with Crippen LogP contribution in [0.25, 0.3) is 6.08 Å². The number of carbonyl (C=O) groups excluding carboxylic acids is 1. The zero-order valence-corrected chi connectivity index (χ0v) is 12.6. The van der Waals surface area contributed by atoms with Crippen LogP contribution in [-0.4, -0.2) is 60.1 Å². The first-order valence-corrected chi connectivity index (χ1v) is 8.00. The van der Waals surface area contributed by atoms with Gasteiger partial charge >= 0.3 is 0 Å². The number of nitrogens with zero attached hydrogens (tertiary/aromatic N) is 3. The molecule has 0 N–H and O–H groups in total. The van der Waals surface area contributed by atoms with Gasteiger partial charge in [0.15, 0.2) is 5.17 Å². The maximum Gasteiger partial charge on any atom is 0.279 e. The topological polar surface area (TPSA) is 58.3 Å². The fraction of sp³-hybridized carbons (Fsp3) is 0.429. The Bertz CT molecular complexity index is 562. The average molecular weight is 307 g/mol. The summed E-state index contributed by atoms with van der Waals surface area (Å²) < 4.78 is 10.6. The van der Waals surface area contributed by atoms with Gasteiger partial charge in [0.1, 0.15) is 11.5 Å². The Morgan fingerprint density at radius 1 is 1.43 bits per heavy atom. The van der Waals surface area contributed by atoms with Crippen molar-refractivity contribution in [2.24, 2.45) is 4.99 Å². The first-order chi connectivity index (χ1) is 10.3. The quantitative estimate of drug-likeness (QED) is 0.792. The van der Waals surface area contributed by atoms with Crippen LogP contribution in [-0.2, 0) is 9.53 Å². The summed E-state index contributed by atoms with van der Waals surface area (Å²) in [4.78, 5) is 20.8.